The van der Waals surface area contributed by atoms with Gasteiger partial charge in [-0.2, -0.15) is 5.26 Å². The Morgan fingerprint density at radius 3 is 2.11 bits per heavy atom. The second-order valence-electron chi connectivity index (χ2n) is 20.4. The molecule has 0 radical (unpaired) electrons. The highest BCUT2D eigenvalue weighted by atomic mass is 35.5. The number of halogens is 1. The number of aliphatic hydroxyl groups is 1. The molecule has 11 nitrogen and oxygen atoms in total. The van der Waals surface area contributed by atoms with Crippen LogP contribution in [0, 0.1) is 39.9 Å². The first-order valence-corrected chi connectivity index (χ1v) is 22.9. The highest BCUT2D eigenvalue weighted by molar-refractivity contribution is 6.31. The van der Waals surface area contributed by atoms with Crippen LogP contribution >= 0.6 is 11.6 Å². The Morgan fingerprint density at radius 2 is 1.52 bits per heavy atom. The number of hydrogen-bond donors (Lipinski definition) is 3. The molecule has 5 aliphatic rings. The maximum absolute atomic E-state index is 13.5. The number of benzene rings is 4. The molecule has 3 N–H and O–H groups in total. The van der Waals surface area contributed by atoms with Gasteiger partial charge in [-0.05, 0) is 129 Å². The summed E-state index contributed by atoms with van der Waals surface area (Å²) in [5.41, 5.74) is 4.40. The van der Waals surface area contributed by atoms with Gasteiger partial charge in [-0.15, -0.1) is 0 Å². The topological polar surface area (TPSA) is 130 Å². The zero-order valence-corrected chi connectivity index (χ0v) is 38.6. The standard InChI is InChI=1S/C52H59ClN6O5/c1-50(2)48(51(3,4)49(50)64-39-16-10-34(25-54)43(53)24-39)56-46(60)33-8-12-36(13-9-33)58-26-31(27-58)22-32-28-59(29-32)37-14-17-38(18-15-37)63-44-19-11-35(52(5,6)62)23-41(44)42-30-57(7)47(61)45-40(42)20-21-55-45/h8-19,23-24,30-32,40,45,48-49,55,62H,20-22,26-29H2,1-7H3,(H,56,60). The lowest BCUT2D eigenvalue weighted by Crippen LogP contribution is -2.74. The number of carbonyl (C=O) groups is 2. The normalized spacial score (nSPS) is 23.8. The Hall–Kier alpha value is -5.54. The molecule has 0 spiro atoms. The van der Waals surface area contributed by atoms with E-state index in [9.17, 15) is 20.0 Å². The minimum Gasteiger partial charge on any atom is -0.489 e. The number of rotatable bonds is 12. The second kappa shape index (κ2) is 16.5. The van der Waals surface area contributed by atoms with Gasteiger partial charge >= 0.3 is 0 Å². The molecule has 2 unspecified atom stereocenters. The van der Waals surface area contributed by atoms with Gasteiger partial charge in [0, 0.05) is 90.8 Å². The van der Waals surface area contributed by atoms with E-state index in [4.69, 9.17) is 21.1 Å². The van der Waals surface area contributed by atoms with Crippen molar-refractivity contribution in [2.75, 3.05) is 49.6 Å². The molecule has 4 aliphatic heterocycles. The molecule has 4 aromatic rings. The fourth-order valence-electron chi connectivity index (χ4n) is 11.2. The van der Waals surface area contributed by atoms with Crippen LogP contribution in [0.5, 0.6) is 17.2 Å². The number of hydrogen-bond acceptors (Lipinski definition) is 9. The summed E-state index contributed by atoms with van der Waals surface area (Å²) in [7, 11) is 1.80. The molecule has 4 aromatic carbocycles. The lowest BCUT2D eigenvalue weighted by atomic mass is 9.49. The molecule has 1 aliphatic carbocycles. The quantitative estimate of drug-likeness (QED) is 0.128. The Morgan fingerprint density at radius 1 is 0.906 bits per heavy atom. The van der Waals surface area contributed by atoms with Crippen LogP contribution in [-0.4, -0.2) is 79.8 Å². The van der Waals surface area contributed by atoms with Crippen LogP contribution in [0.3, 0.4) is 0 Å². The Balaban J connectivity index is 0.745. The van der Waals surface area contributed by atoms with E-state index in [1.54, 1.807) is 44.0 Å². The summed E-state index contributed by atoms with van der Waals surface area (Å²) in [5, 5.41) is 27.2. The second-order valence-corrected chi connectivity index (χ2v) is 20.8. The van der Waals surface area contributed by atoms with Crippen molar-refractivity contribution >= 4 is 40.4 Å². The highest BCUT2D eigenvalue weighted by Gasteiger charge is 2.64. The largest absolute Gasteiger partial charge is 0.489 e. The number of nitriles is 1. The average molecular weight is 884 g/mol. The molecule has 334 valence electrons. The molecule has 4 heterocycles. The van der Waals surface area contributed by atoms with Crippen molar-refractivity contribution < 1.29 is 24.2 Å². The number of amides is 2. The number of ether oxygens (including phenoxy) is 2. The van der Waals surface area contributed by atoms with E-state index in [1.165, 1.54) is 12.1 Å². The summed E-state index contributed by atoms with van der Waals surface area (Å²) in [4.78, 5) is 32.9. The van der Waals surface area contributed by atoms with Crippen molar-refractivity contribution in [1.29, 1.82) is 5.26 Å². The molecule has 2 amide bonds. The number of likely N-dealkylation sites (N-methyl/N-ethyl adjacent to an activating group) is 1. The van der Waals surface area contributed by atoms with Gasteiger partial charge in [0.25, 0.3) is 5.91 Å². The third-order valence-corrected chi connectivity index (χ3v) is 14.8. The summed E-state index contributed by atoms with van der Waals surface area (Å²) in [6, 6.07) is 29.0. The van der Waals surface area contributed by atoms with Gasteiger partial charge in [-0.3, -0.25) is 9.59 Å². The van der Waals surface area contributed by atoms with Crippen molar-refractivity contribution in [1.82, 2.24) is 15.5 Å². The van der Waals surface area contributed by atoms with E-state index in [0.717, 1.165) is 67.3 Å². The minimum atomic E-state index is -1.03. The Kier molecular flexibility index (Phi) is 11.2. The van der Waals surface area contributed by atoms with E-state index in [-0.39, 0.29) is 46.7 Å². The van der Waals surface area contributed by atoms with Gasteiger partial charge in [0.05, 0.1) is 22.2 Å². The lowest BCUT2D eigenvalue weighted by Gasteiger charge is -2.63. The molecule has 4 fully saturated rings. The van der Waals surface area contributed by atoms with Crippen molar-refractivity contribution in [2.45, 2.75) is 78.2 Å². The average Bonchev–Trinajstić information content (AvgIpc) is 3.73. The first kappa shape index (κ1) is 43.7. The first-order chi connectivity index (χ1) is 30.4. The Labute approximate surface area is 382 Å². The third-order valence-electron chi connectivity index (χ3n) is 14.5. The monoisotopic (exact) mass is 882 g/mol. The molecular formula is C52H59ClN6O5. The molecule has 9 rings (SSSR count). The van der Waals surface area contributed by atoms with Gasteiger partial charge in [-0.1, -0.05) is 45.4 Å². The van der Waals surface area contributed by atoms with Crippen LogP contribution in [0.25, 0.3) is 5.57 Å². The SMILES string of the molecule is CN1C=C(c2cc(C(C)(C)O)ccc2Oc2ccc(N3CC(CC4CN(c5ccc(C(=O)NC6C(C)(C)C(Oc7ccc(C#N)c(Cl)c7)C6(C)C)cc5)C4)C3)cc2)C2CCNC2C1=O. The maximum Gasteiger partial charge on any atom is 0.251 e. The highest BCUT2D eigenvalue weighted by Crippen LogP contribution is 2.56. The van der Waals surface area contributed by atoms with Crippen molar-refractivity contribution in [3.8, 4) is 23.3 Å². The van der Waals surface area contributed by atoms with Crippen LogP contribution in [0.2, 0.25) is 5.02 Å². The zero-order valence-electron chi connectivity index (χ0n) is 37.8. The Bertz CT molecular complexity index is 2500. The molecule has 0 bridgehead atoms. The van der Waals surface area contributed by atoms with Gasteiger partial charge < -0.3 is 39.9 Å². The molecule has 3 saturated heterocycles. The number of fused-ring (bicyclic) bond motifs is 1. The molecule has 1 saturated carbocycles. The van der Waals surface area contributed by atoms with Crippen LogP contribution in [0.15, 0.2) is 91.1 Å². The van der Waals surface area contributed by atoms with Gasteiger partial charge in [0.15, 0.2) is 0 Å². The first-order valence-electron chi connectivity index (χ1n) is 22.5. The smallest absolute Gasteiger partial charge is 0.251 e. The van der Waals surface area contributed by atoms with Gasteiger partial charge in [0.2, 0.25) is 5.91 Å². The number of anilines is 2. The number of nitrogens with zero attached hydrogens (tertiary/aromatic N) is 4. The molecule has 0 aromatic heterocycles. The number of nitrogens with one attached hydrogen (secondary N) is 2. The van der Waals surface area contributed by atoms with Gasteiger partial charge in [-0.25, -0.2) is 0 Å². The third kappa shape index (κ3) is 8.10. The molecule has 12 heteroatoms. The molecule has 2 atom stereocenters. The number of carbonyl (C=O) groups excluding carboxylic acids is 2. The van der Waals surface area contributed by atoms with Crippen molar-refractivity contribution in [3.05, 3.63) is 118 Å². The van der Waals surface area contributed by atoms with Crippen LogP contribution in [-0.2, 0) is 10.4 Å². The fourth-order valence-corrected chi connectivity index (χ4v) is 11.4. The van der Waals surface area contributed by atoms with E-state index in [0.29, 0.717) is 39.5 Å². The van der Waals surface area contributed by atoms with Crippen LogP contribution < -0.4 is 29.9 Å². The zero-order chi connectivity index (χ0) is 45.3. The van der Waals surface area contributed by atoms with Crippen molar-refractivity contribution in [2.24, 2.45) is 28.6 Å². The lowest BCUT2D eigenvalue weighted by molar-refractivity contribution is -0.164. The fraction of sp³-hybridized carbons (Fsp3) is 0.442. The molecular weight excluding hydrogens is 824 g/mol. The minimum absolute atomic E-state index is 0.0414. The predicted molar refractivity (Wildman–Crippen MR) is 251 cm³/mol. The van der Waals surface area contributed by atoms with Crippen LogP contribution in [0.4, 0.5) is 11.4 Å². The van der Waals surface area contributed by atoms with E-state index >= 15 is 0 Å². The van der Waals surface area contributed by atoms with Crippen molar-refractivity contribution in [3.63, 3.8) is 0 Å². The van der Waals surface area contributed by atoms with Gasteiger partial charge in [0.1, 0.15) is 29.4 Å². The molecule has 64 heavy (non-hydrogen) atoms. The summed E-state index contributed by atoms with van der Waals surface area (Å²) < 4.78 is 12.9. The summed E-state index contributed by atoms with van der Waals surface area (Å²) in [6.07, 6.45) is 3.82. The summed E-state index contributed by atoms with van der Waals surface area (Å²) in [5.74, 6) is 3.37. The maximum atomic E-state index is 13.5. The van der Waals surface area contributed by atoms with E-state index in [2.05, 4.69) is 78.5 Å². The van der Waals surface area contributed by atoms with E-state index < -0.39 is 5.60 Å². The van der Waals surface area contributed by atoms with E-state index in [1.807, 2.05) is 48.7 Å². The predicted octanol–water partition coefficient (Wildman–Crippen LogP) is 8.60. The van der Waals surface area contributed by atoms with Crippen LogP contribution in [0.1, 0.15) is 81.4 Å². The summed E-state index contributed by atoms with van der Waals surface area (Å²) >= 11 is 6.27. The summed E-state index contributed by atoms with van der Waals surface area (Å²) in [6.45, 7) is 16.9.